The first-order valence-corrected chi connectivity index (χ1v) is 10.1. The minimum atomic E-state index is 0. The van der Waals surface area contributed by atoms with Crippen molar-refractivity contribution >= 4 is 29.9 Å². The molecule has 0 spiro atoms. The number of oxazole rings is 1. The van der Waals surface area contributed by atoms with Gasteiger partial charge in [0.2, 0.25) is 12.7 Å². The molecule has 4 rings (SSSR count). The summed E-state index contributed by atoms with van der Waals surface area (Å²) in [7, 11) is 0. The van der Waals surface area contributed by atoms with Crippen LogP contribution in [0.25, 0.3) is 11.3 Å². The number of fused-ring (bicyclic) bond motifs is 1. The number of ether oxygens (including phenoxy) is 2. The molecule has 7 nitrogen and oxygen atoms in total. The van der Waals surface area contributed by atoms with Gasteiger partial charge in [-0.3, -0.25) is 0 Å². The third-order valence-corrected chi connectivity index (χ3v) is 4.75. The number of aromatic nitrogens is 1. The van der Waals surface area contributed by atoms with Gasteiger partial charge < -0.3 is 24.5 Å². The summed E-state index contributed by atoms with van der Waals surface area (Å²) in [4.78, 5) is 8.94. The Balaban J connectivity index is 0.00000272. The average molecular weight is 534 g/mol. The number of nitrogens with one attached hydrogen (secondary N) is 2. The second-order valence-corrected chi connectivity index (χ2v) is 7.04. The van der Waals surface area contributed by atoms with Gasteiger partial charge in [-0.15, -0.1) is 24.0 Å². The first-order valence-electron chi connectivity index (χ1n) is 10.1. The Hall–Kier alpha value is -2.75. The highest BCUT2D eigenvalue weighted by Gasteiger charge is 2.13. The molecule has 0 bridgehead atoms. The van der Waals surface area contributed by atoms with Crippen LogP contribution in [0.15, 0.2) is 58.1 Å². The molecular formula is C23H27IN4O3. The van der Waals surface area contributed by atoms with Gasteiger partial charge in [0.15, 0.2) is 23.2 Å². The third kappa shape index (κ3) is 6.13. The molecule has 0 atom stereocenters. The predicted molar refractivity (Wildman–Crippen MR) is 131 cm³/mol. The zero-order valence-corrected chi connectivity index (χ0v) is 20.0. The predicted octanol–water partition coefficient (Wildman–Crippen LogP) is 4.29. The highest BCUT2D eigenvalue weighted by Crippen LogP contribution is 2.32. The summed E-state index contributed by atoms with van der Waals surface area (Å²) in [5.74, 6) is 3.67. The van der Waals surface area contributed by atoms with Crippen molar-refractivity contribution in [2.24, 2.45) is 4.99 Å². The topological polar surface area (TPSA) is 80.9 Å². The standard InChI is InChI=1S/C23H26N4O3.HI/c1-3-24-23(25-11-10-17-6-9-19-20(12-17)29-15-28-19)27-14-22-26-13-21(30-22)18-7-4-16(2)5-8-18;/h4-9,12-13H,3,10-11,14-15H2,1-2H3,(H2,24,25,27);1H. The van der Waals surface area contributed by atoms with Crippen LogP contribution in [0.5, 0.6) is 11.5 Å². The first-order chi connectivity index (χ1) is 14.7. The van der Waals surface area contributed by atoms with E-state index < -0.39 is 0 Å². The summed E-state index contributed by atoms with van der Waals surface area (Å²) in [6, 6.07) is 14.2. The average Bonchev–Trinajstić information content (AvgIpc) is 3.42. The van der Waals surface area contributed by atoms with Crippen molar-refractivity contribution in [3.63, 3.8) is 0 Å². The van der Waals surface area contributed by atoms with Crippen LogP contribution in [-0.2, 0) is 13.0 Å². The highest BCUT2D eigenvalue weighted by molar-refractivity contribution is 14.0. The SMILES string of the molecule is CCNC(=NCc1ncc(-c2ccc(C)cc2)o1)NCCc1ccc2c(c1)OCO2.I. The van der Waals surface area contributed by atoms with Gasteiger partial charge >= 0.3 is 0 Å². The Kier molecular flexibility index (Phi) is 8.16. The first kappa shape index (κ1) is 22.9. The lowest BCUT2D eigenvalue weighted by atomic mass is 10.1. The molecule has 1 aliphatic rings. The van der Waals surface area contributed by atoms with Gasteiger partial charge in [0.1, 0.15) is 6.54 Å². The molecule has 0 saturated heterocycles. The lowest BCUT2D eigenvalue weighted by molar-refractivity contribution is 0.174. The second-order valence-electron chi connectivity index (χ2n) is 7.04. The maximum absolute atomic E-state index is 5.86. The summed E-state index contributed by atoms with van der Waals surface area (Å²) in [5, 5.41) is 6.60. The highest BCUT2D eigenvalue weighted by atomic mass is 127. The van der Waals surface area contributed by atoms with Crippen molar-refractivity contribution in [1.29, 1.82) is 0 Å². The van der Waals surface area contributed by atoms with Crippen LogP contribution in [0, 0.1) is 6.92 Å². The molecule has 0 unspecified atom stereocenters. The lowest BCUT2D eigenvalue weighted by Gasteiger charge is -2.11. The maximum Gasteiger partial charge on any atom is 0.231 e. The molecular weight excluding hydrogens is 507 g/mol. The number of aliphatic imine (C=N–C) groups is 1. The van der Waals surface area contributed by atoms with Crippen LogP contribution in [0.3, 0.4) is 0 Å². The Morgan fingerprint density at radius 1 is 1.06 bits per heavy atom. The molecule has 0 saturated carbocycles. The van der Waals surface area contributed by atoms with Crippen molar-refractivity contribution in [2.75, 3.05) is 19.9 Å². The van der Waals surface area contributed by atoms with E-state index in [4.69, 9.17) is 13.9 Å². The summed E-state index contributed by atoms with van der Waals surface area (Å²) in [5.41, 5.74) is 3.40. The Labute approximate surface area is 199 Å². The van der Waals surface area contributed by atoms with E-state index in [1.54, 1.807) is 6.20 Å². The molecule has 2 aromatic carbocycles. The smallest absolute Gasteiger partial charge is 0.231 e. The van der Waals surface area contributed by atoms with E-state index in [0.717, 1.165) is 48.3 Å². The summed E-state index contributed by atoms with van der Waals surface area (Å²) >= 11 is 0. The van der Waals surface area contributed by atoms with E-state index in [9.17, 15) is 0 Å². The number of benzene rings is 2. The quantitative estimate of drug-likeness (QED) is 0.268. The molecule has 0 aliphatic carbocycles. The van der Waals surface area contributed by atoms with Gasteiger partial charge in [0, 0.05) is 18.7 Å². The number of hydrogen-bond acceptors (Lipinski definition) is 5. The number of guanidine groups is 1. The van der Waals surface area contributed by atoms with E-state index in [0.29, 0.717) is 19.2 Å². The van der Waals surface area contributed by atoms with Crippen molar-refractivity contribution in [3.05, 3.63) is 65.7 Å². The fourth-order valence-corrected chi connectivity index (χ4v) is 3.14. The third-order valence-electron chi connectivity index (χ3n) is 4.75. The second kappa shape index (κ2) is 11.0. The van der Waals surface area contributed by atoms with Gasteiger partial charge in [0.25, 0.3) is 0 Å². The number of rotatable bonds is 7. The molecule has 164 valence electrons. The molecule has 2 heterocycles. The van der Waals surface area contributed by atoms with Gasteiger partial charge in [-0.05, 0) is 38.0 Å². The molecule has 0 amide bonds. The van der Waals surface area contributed by atoms with Crippen LogP contribution < -0.4 is 20.1 Å². The molecule has 0 radical (unpaired) electrons. The fraction of sp³-hybridized carbons (Fsp3) is 0.304. The van der Waals surface area contributed by atoms with Crippen LogP contribution in [-0.4, -0.2) is 30.8 Å². The van der Waals surface area contributed by atoms with E-state index in [1.165, 1.54) is 11.1 Å². The summed E-state index contributed by atoms with van der Waals surface area (Å²) < 4.78 is 16.6. The Morgan fingerprint density at radius 2 is 1.87 bits per heavy atom. The van der Waals surface area contributed by atoms with Crippen LogP contribution in [0.4, 0.5) is 0 Å². The van der Waals surface area contributed by atoms with Crippen molar-refractivity contribution in [1.82, 2.24) is 15.6 Å². The molecule has 2 N–H and O–H groups in total. The lowest BCUT2D eigenvalue weighted by Crippen LogP contribution is -2.38. The minimum absolute atomic E-state index is 0. The fourth-order valence-electron chi connectivity index (χ4n) is 3.14. The summed E-state index contributed by atoms with van der Waals surface area (Å²) in [6.45, 7) is 6.27. The summed E-state index contributed by atoms with van der Waals surface area (Å²) in [6.07, 6.45) is 2.59. The number of halogens is 1. The van der Waals surface area contributed by atoms with Crippen molar-refractivity contribution < 1.29 is 13.9 Å². The maximum atomic E-state index is 5.86. The number of aryl methyl sites for hydroxylation is 1. The van der Waals surface area contributed by atoms with Crippen molar-refractivity contribution in [3.8, 4) is 22.8 Å². The van der Waals surface area contributed by atoms with Crippen LogP contribution in [0.2, 0.25) is 0 Å². The minimum Gasteiger partial charge on any atom is -0.454 e. The molecule has 1 aromatic heterocycles. The van der Waals surface area contributed by atoms with Crippen molar-refractivity contribution in [2.45, 2.75) is 26.8 Å². The van der Waals surface area contributed by atoms with Gasteiger partial charge in [-0.2, -0.15) is 0 Å². The zero-order valence-electron chi connectivity index (χ0n) is 17.7. The normalized spacial score (nSPS) is 12.4. The molecule has 1 aliphatic heterocycles. The Bertz CT molecular complexity index is 1020. The van der Waals surface area contributed by atoms with Crippen LogP contribution in [0.1, 0.15) is 23.9 Å². The van der Waals surface area contributed by atoms with E-state index in [2.05, 4.69) is 45.7 Å². The number of hydrogen-bond donors (Lipinski definition) is 2. The molecule has 0 fully saturated rings. The molecule has 8 heteroatoms. The van der Waals surface area contributed by atoms with Gasteiger partial charge in [-0.25, -0.2) is 9.98 Å². The monoisotopic (exact) mass is 534 g/mol. The van der Waals surface area contributed by atoms with Crippen LogP contribution >= 0.6 is 24.0 Å². The van der Waals surface area contributed by atoms with E-state index >= 15 is 0 Å². The van der Waals surface area contributed by atoms with E-state index in [-0.39, 0.29) is 24.0 Å². The van der Waals surface area contributed by atoms with Gasteiger partial charge in [0.05, 0.1) is 6.20 Å². The largest absolute Gasteiger partial charge is 0.454 e. The van der Waals surface area contributed by atoms with Gasteiger partial charge in [-0.1, -0.05) is 35.9 Å². The molecule has 3 aromatic rings. The number of nitrogens with zero attached hydrogens (tertiary/aromatic N) is 2. The Morgan fingerprint density at radius 3 is 2.68 bits per heavy atom. The van der Waals surface area contributed by atoms with E-state index in [1.807, 2.05) is 31.2 Å². The zero-order chi connectivity index (χ0) is 20.8. The molecule has 31 heavy (non-hydrogen) atoms.